The first-order valence-electron chi connectivity index (χ1n) is 6.43. The van der Waals surface area contributed by atoms with Crippen LogP contribution in [0.2, 0.25) is 0 Å². The van der Waals surface area contributed by atoms with Gasteiger partial charge in [0.25, 0.3) is 0 Å². The van der Waals surface area contributed by atoms with Crippen LogP contribution < -0.4 is 20.5 Å². The van der Waals surface area contributed by atoms with Crippen molar-refractivity contribution in [2.75, 3.05) is 24.3 Å². The van der Waals surface area contributed by atoms with Gasteiger partial charge in [-0.2, -0.15) is 0 Å². The van der Waals surface area contributed by atoms with Gasteiger partial charge in [0.2, 0.25) is 0 Å². The van der Waals surface area contributed by atoms with Gasteiger partial charge in [0.1, 0.15) is 13.2 Å². The van der Waals surface area contributed by atoms with Crippen molar-refractivity contribution in [1.82, 2.24) is 0 Å². The standard InChI is InChI=1S/C15H14N2O4/c16-11-7-9(15(18)19)1-3-12(11)17-10-2-4-13-14(8-10)21-6-5-20-13/h1-4,7-8,17H,5-6,16H2,(H,18,19). The minimum Gasteiger partial charge on any atom is -0.486 e. The lowest BCUT2D eigenvalue weighted by Crippen LogP contribution is -2.15. The fourth-order valence-electron chi connectivity index (χ4n) is 2.09. The molecule has 6 nitrogen and oxygen atoms in total. The molecule has 2 aromatic carbocycles. The predicted molar refractivity (Wildman–Crippen MR) is 78.5 cm³/mol. The molecule has 0 fully saturated rings. The van der Waals surface area contributed by atoms with Gasteiger partial charge >= 0.3 is 5.97 Å². The predicted octanol–water partition coefficient (Wildman–Crippen LogP) is 2.48. The number of nitrogens with one attached hydrogen (secondary N) is 1. The molecule has 0 amide bonds. The summed E-state index contributed by atoms with van der Waals surface area (Å²) in [7, 11) is 0. The van der Waals surface area contributed by atoms with Crippen LogP contribution in [0.3, 0.4) is 0 Å². The van der Waals surface area contributed by atoms with Crippen LogP contribution in [0, 0.1) is 0 Å². The molecule has 108 valence electrons. The molecule has 0 atom stereocenters. The second kappa shape index (κ2) is 5.24. The van der Waals surface area contributed by atoms with E-state index in [1.807, 2.05) is 18.2 Å². The SMILES string of the molecule is Nc1cc(C(=O)O)ccc1Nc1ccc2c(c1)OCCO2. The highest BCUT2D eigenvalue weighted by Crippen LogP contribution is 2.34. The van der Waals surface area contributed by atoms with Crippen LogP contribution >= 0.6 is 0 Å². The number of carbonyl (C=O) groups is 1. The number of rotatable bonds is 3. The number of nitrogen functional groups attached to an aromatic ring is 1. The lowest BCUT2D eigenvalue weighted by molar-refractivity contribution is 0.0697. The van der Waals surface area contributed by atoms with E-state index in [1.54, 1.807) is 6.07 Å². The highest BCUT2D eigenvalue weighted by atomic mass is 16.6. The van der Waals surface area contributed by atoms with E-state index in [0.29, 0.717) is 36.1 Å². The molecule has 0 unspecified atom stereocenters. The van der Waals surface area contributed by atoms with E-state index in [2.05, 4.69) is 5.32 Å². The Bertz CT molecular complexity index is 700. The van der Waals surface area contributed by atoms with Gasteiger partial charge in [-0.15, -0.1) is 0 Å². The second-order valence-electron chi connectivity index (χ2n) is 4.59. The fourth-order valence-corrected chi connectivity index (χ4v) is 2.09. The fraction of sp³-hybridized carbons (Fsp3) is 0.133. The number of benzene rings is 2. The minimum atomic E-state index is -1.01. The van der Waals surface area contributed by atoms with Gasteiger partial charge in [-0.1, -0.05) is 0 Å². The Kier molecular flexibility index (Phi) is 3.27. The molecule has 2 aromatic rings. The molecular weight excluding hydrogens is 272 g/mol. The van der Waals surface area contributed by atoms with E-state index in [0.717, 1.165) is 5.69 Å². The van der Waals surface area contributed by atoms with Crippen molar-refractivity contribution < 1.29 is 19.4 Å². The average Bonchev–Trinajstić information content (AvgIpc) is 2.49. The molecule has 1 heterocycles. The summed E-state index contributed by atoms with van der Waals surface area (Å²) in [4.78, 5) is 10.9. The minimum absolute atomic E-state index is 0.153. The Balaban J connectivity index is 1.85. The van der Waals surface area contributed by atoms with Crippen molar-refractivity contribution in [3.63, 3.8) is 0 Å². The topological polar surface area (TPSA) is 93.8 Å². The van der Waals surface area contributed by atoms with Crippen LogP contribution in [0.25, 0.3) is 0 Å². The van der Waals surface area contributed by atoms with Gasteiger partial charge in [0.15, 0.2) is 11.5 Å². The van der Waals surface area contributed by atoms with Crippen LogP contribution in [0.15, 0.2) is 36.4 Å². The largest absolute Gasteiger partial charge is 0.486 e. The van der Waals surface area contributed by atoms with Crippen molar-refractivity contribution in [2.24, 2.45) is 0 Å². The number of carboxylic acid groups (broad SMARTS) is 1. The summed E-state index contributed by atoms with van der Waals surface area (Å²) in [5.41, 5.74) is 7.80. The lowest BCUT2D eigenvalue weighted by Gasteiger charge is -2.19. The lowest BCUT2D eigenvalue weighted by atomic mass is 10.1. The molecule has 0 aromatic heterocycles. The van der Waals surface area contributed by atoms with Crippen LogP contribution in [-0.4, -0.2) is 24.3 Å². The maximum Gasteiger partial charge on any atom is 0.335 e. The molecule has 0 saturated carbocycles. The molecule has 3 rings (SSSR count). The zero-order chi connectivity index (χ0) is 14.8. The molecule has 0 spiro atoms. The number of fused-ring (bicyclic) bond motifs is 1. The van der Waals surface area contributed by atoms with Gasteiger partial charge in [-0.05, 0) is 30.3 Å². The van der Waals surface area contributed by atoms with Gasteiger partial charge in [0.05, 0.1) is 16.9 Å². The molecule has 0 bridgehead atoms. The zero-order valence-corrected chi connectivity index (χ0v) is 11.1. The van der Waals surface area contributed by atoms with Crippen molar-refractivity contribution >= 4 is 23.0 Å². The molecule has 1 aliphatic rings. The molecule has 4 N–H and O–H groups in total. The molecular formula is C15H14N2O4. The van der Waals surface area contributed by atoms with E-state index < -0.39 is 5.97 Å². The third-order valence-corrected chi connectivity index (χ3v) is 3.12. The first-order valence-corrected chi connectivity index (χ1v) is 6.43. The van der Waals surface area contributed by atoms with Crippen molar-refractivity contribution in [1.29, 1.82) is 0 Å². The van der Waals surface area contributed by atoms with Crippen LogP contribution in [0.5, 0.6) is 11.5 Å². The van der Waals surface area contributed by atoms with Gasteiger partial charge in [0, 0.05) is 11.8 Å². The Morgan fingerprint density at radius 3 is 2.57 bits per heavy atom. The maximum absolute atomic E-state index is 10.9. The Morgan fingerprint density at radius 2 is 1.86 bits per heavy atom. The quantitative estimate of drug-likeness (QED) is 0.750. The van der Waals surface area contributed by atoms with Crippen LogP contribution in [-0.2, 0) is 0 Å². The Morgan fingerprint density at radius 1 is 1.10 bits per heavy atom. The van der Waals surface area contributed by atoms with Gasteiger partial charge in [-0.25, -0.2) is 4.79 Å². The van der Waals surface area contributed by atoms with Crippen molar-refractivity contribution in [3.8, 4) is 11.5 Å². The molecule has 0 saturated heterocycles. The van der Waals surface area contributed by atoms with E-state index in [-0.39, 0.29) is 5.56 Å². The highest BCUT2D eigenvalue weighted by Gasteiger charge is 2.12. The summed E-state index contributed by atoms with van der Waals surface area (Å²) in [6.07, 6.45) is 0. The van der Waals surface area contributed by atoms with Gasteiger partial charge in [-0.3, -0.25) is 0 Å². The number of hydrogen-bond acceptors (Lipinski definition) is 5. The monoisotopic (exact) mass is 286 g/mol. The van der Waals surface area contributed by atoms with Gasteiger partial charge < -0.3 is 25.6 Å². The summed E-state index contributed by atoms with van der Waals surface area (Å²) >= 11 is 0. The summed E-state index contributed by atoms with van der Waals surface area (Å²) < 4.78 is 11.0. The first-order chi connectivity index (χ1) is 10.1. The average molecular weight is 286 g/mol. The van der Waals surface area contributed by atoms with E-state index >= 15 is 0 Å². The number of ether oxygens (including phenoxy) is 2. The second-order valence-corrected chi connectivity index (χ2v) is 4.59. The van der Waals surface area contributed by atoms with Crippen molar-refractivity contribution in [3.05, 3.63) is 42.0 Å². The molecule has 21 heavy (non-hydrogen) atoms. The smallest absolute Gasteiger partial charge is 0.335 e. The Labute approximate surface area is 121 Å². The summed E-state index contributed by atoms with van der Waals surface area (Å²) in [5, 5.41) is 12.1. The summed E-state index contributed by atoms with van der Waals surface area (Å²) in [5.74, 6) is 0.376. The highest BCUT2D eigenvalue weighted by molar-refractivity contribution is 5.90. The molecule has 1 aliphatic heterocycles. The molecule has 0 aliphatic carbocycles. The number of hydrogen-bond donors (Lipinski definition) is 3. The summed E-state index contributed by atoms with van der Waals surface area (Å²) in [6, 6.07) is 10.0. The molecule has 0 radical (unpaired) electrons. The third kappa shape index (κ3) is 2.69. The number of nitrogens with two attached hydrogens (primary N) is 1. The zero-order valence-electron chi connectivity index (χ0n) is 11.1. The van der Waals surface area contributed by atoms with Crippen molar-refractivity contribution in [2.45, 2.75) is 0 Å². The third-order valence-electron chi connectivity index (χ3n) is 3.12. The van der Waals surface area contributed by atoms with E-state index in [4.69, 9.17) is 20.3 Å². The Hall–Kier alpha value is -2.89. The maximum atomic E-state index is 10.9. The normalized spacial score (nSPS) is 12.8. The molecule has 6 heteroatoms. The number of anilines is 3. The van der Waals surface area contributed by atoms with E-state index in [9.17, 15) is 4.79 Å². The number of carboxylic acids is 1. The van der Waals surface area contributed by atoms with Crippen LogP contribution in [0.4, 0.5) is 17.1 Å². The summed E-state index contributed by atoms with van der Waals surface area (Å²) in [6.45, 7) is 1.06. The number of aromatic carboxylic acids is 1. The van der Waals surface area contributed by atoms with E-state index in [1.165, 1.54) is 12.1 Å². The first kappa shape index (κ1) is 13.1. The van der Waals surface area contributed by atoms with Crippen LogP contribution in [0.1, 0.15) is 10.4 Å².